The summed E-state index contributed by atoms with van der Waals surface area (Å²) in [5.74, 6) is -0.622. The summed E-state index contributed by atoms with van der Waals surface area (Å²) in [6.45, 7) is 0.000262. The number of amides is 3. The van der Waals surface area contributed by atoms with E-state index in [9.17, 15) is 14.4 Å². The molecule has 0 bridgehead atoms. The first-order chi connectivity index (χ1) is 17.2. The van der Waals surface area contributed by atoms with Crippen LogP contribution in [0.2, 0.25) is 10.0 Å². The molecule has 0 radical (unpaired) electrons. The molecule has 0 spiro atoms. The highest BCUT2D eigenvalue weighted by atomic mass is 35.5. The lowest BCUT2D eigenvalue weighted by Gasteiger charge is -2.28. The van der Waals surface area contributed by atoms with Gasteiger partial charge >= 0.3 is 18.1 Å². The smallest absolute Gasteiger partial charge is 0.412 e. The van der Waals surface area contributed by atoms with Gasteiger partial charge in [0.1, 0.15) is 12.4 Å². The minimum atomic E-state index is -0.947. The minimum absolute atomic E-state index is 0.0721. The van der Waals surface area contributed by atoms with Crippen molar-refractivity contribution in [3.8, 4) is 0 Å². The number of rotatable bonds is 10. The summed E-state index contributed by atoms with van der Waals surface area (Å²) in [7, 11) is 1.55. The van der Waals surface area contributed by atoms with E-state index in [0.29, 0.717) is 34.3 Å². The monoisotopic (exact) mass is 532 g/mol. The Balaban J connectivity index is 1.59. The maximum atomic E-state index is 12.8. The Morgan fingerprint density at radius 3 is 2.61 bits per heavy atom. The van der Waals surface area contributed by atoms with Crippen molar-refractivity contribution in [1.82, 2.24) is 15.2 Å². The number of anilines is 1. The second-order valence-corrected chi connectivity index (χ2v) is 8.85. The molecule has 0 aliphatic carbocycles. The molecule has 3 rings (SSSR count). The van der Waals surface area contributed by atoms with Crippen molar-refractivity contribution in [3.63, 3.8) is 0 Å². The van der Waals surface area contributed by atoms with Crippen LogP contribution in [-0.4, -0.2) is 52.8 Å². The number of nitrogens with zero attached hydrogens (tertiary/aromatic N) is 2. The number of halogens is 2. The molecule has 0 aliphatic heterocycles. The van der Waals surface area contributed by atoms with Crippen LogP contribution >= 0.6 is 23.2 Å². The average Bonchev–Trinajstić information content (AvgIpc) is 2.86. The molecule has 3 N–H and O–H groups in total. The van der Waals surface area contributed by atoms with Crippen molar-refractivity contribution in [1.29, 1.82) is 0 Å². The fraction of sp³-hybridized carbons (Fsp3) is 0.280. The Hall–Kier alpha value is -3.56. The second-order valence-electron chi connectivity index (χ2n) is 8.06. The van der Waals surface area contributed by atoms with Gasteiger partial charge in [-0.05, 0) is 35.9 Å². The molecule has 0 saturated carbocycles. The number of pyridine rings is 1. The van der Waals surface area contributed by atoms with Crippen LogP contribution in [0.1, 0.15) is 24.8 Å². The third-order valence-electron chi connectivity index (χ3n) is 5.53. The van der Waals surface area contributed by atoms with Crippen LogP contribution in [0.4, 0.5) is 15.4 Å². The van der Waals surface area contributed by atoms with Crippen LogP contribution < -0.4 is 10.6 Å². The van der Waals surface area contributed by atoms with E-state index in [1.165, 1.54) is 4.90 Å². The molecule has 9 nitrogen and oxygen atoms in total. The van der Waals surface area contributed by atoms with Crippen molar-refractivity contribution in [3.05, 3.63) is 70.3 Å². The second kappa shape index (κ2) is 12.9. The Morgan fingerprint density at radius 1 is 1.11 bits per heavy atom. The number of carboxylic acid groups (broad SMARTS) is 1. The van der Waals surface area contributed by atoms with Gasteiger partial charge in [-0.3, -0.25) is 10.1 Å². The predicted octanol–water partition coefficient (Wildman–Crippen LogP) is 5.56. The summed E-state index contributed by atoms with van der Waals surface area (Å²) in [6, 6.07) is 13.4. The Labute approximate surface area is 218 Å². The first-order valence-electron chi connectivity index (χ1n) is 11.2. The lowest BCUT2D eigenvalue weighted by molar-refractivity contribution is -0.137. The van der Waals surface area contributed by atoms with Crippen LogP contribution in [0.15, 0.2) is 54.7 Å². The number of likely N-dealkylation sites (N-methyl/N-ethyl adjacent to an activating group) is 1. The van der Waals surface area contributed by atoms with E-state index in [0.717, 1.165) is 10.8 Å². The van der Waals surface area contributed by atoms with E-state index < -0.39 is 24.1 Å². The van der Waals surface area contributed by atoms with E-state index >= 15 is 0 Å². The average molecular weight is 533 g/mol. The topological polar surface area (TPSA) is 121 Å². The highest BCUT2D eigenvalue weighted by Gasteiger charge is 2.22. The Kier molecular flexibility index (Phi) is 9.72. The van der Waals surface area contributed by atoms with Gasteiger partial charge in [0.25, 0.3) is 0 Å². The standard InChI is InChI=1S/C25H26Cl2N4O5/c1-31(24(34)29-14-18-8-4-10-20(26)23(18)27)19(9-5-11-22(32)33)15-36-25(35)30-21-12-16-6-2-3-7-17(16)13-28-21/h2-4,6-8,10,12-13,19H,5,9,11,14-15H2,1H3,(H,29,34)(H,32,33)(H,28,30,35)/t19-/m0/s1. The number of hydrogen-bond acceptors (Lipinski definition) is 5. The molecule has 36 heavy (non-hydrogen) atoms. The van der Waals surface area contributed by atoms with Gasteiger partial charge in [0.2, 0.25) is 0 Å². The normalized spacial score (nSPS) is 11.5. The van der Waals surface area contributed by atoms with Crippen molar-refractivity contribution in [2.24, 2.45) is 0 Å². The quantitative estimate of drug-likeness (QED) is 0.314. The Morgan fingerprint density at radius 2 is 1.86 bits per heavy atom. The number of carbonyl (C=O) groups excluding carboxylic acids is 2. The van der Waals surface area contributed by atoms with Crippen LogP contribution in [0.25, 0.3) is 10.8 Å². The molecule has 2 aromatic carbocycles. The van der Waals surface area contributed by atoms with Gasteiger partial charge < -0.3 is 20.1 Å². The van der Waals surface area contributed by atoms with Crippen molar-refractivity contribution < 1.29 is 24.2 Å². The maximum absolute atomic E-state index is 12.8. The highest BCUT2D eigenvalue weighted by Crippen LogP contribution is 2.25. The van der Waals surface area contributed by atoms with Gasteiger partial charge in [-0.25, -0.2) is 14.6 Å². The van der Waals surface area contributed by atoms with Gasteiger partial charge in [0.05, 0.1) is 16.1 Å². The molecular formula is C25H26Cl2N4O5. The molecule has 1 heterocycles. The maximum Gasteiger partial charge on any atom is 0.412 e. The minimum Gasteiger partial charge on any atom is -0.481 e. The summed E-state index contributed by atoms with van der Waals surface area (Å²) < 4.78 is 5.35. The third kappa shape index (κ3) is 7.73. The Bertz CT molecular complexity index is 1240. The van der Waals surface area contributed by atoms with E-state index in [4.69, 9.17) is 33.0 Å². The van der Waals surface area contributed by atoms with Gasteiger partial charge in [-0.2, -0.15) is 0 Å². The molecule has 0 fully saturated rings. The number of nitrogens with one attached hydrogen (secondary N) is 2. The lowest BCUT2D eigenvalue weighted by atomic mass is 10.1. The first-order valence-corrected chi connectivity index (χ1v) is 11.9. The van der Waals surface area contributed by atoms with E-state index in [2.05, 4.69) is 15.6 Å². The summed E-state index contributed by atoms with van der Waals surface area (Å²) in [6.07, 6.45) is 1.45. The summed E-state index contributed by atoms with van der Waals surface area (Å²) in [5.41, 5.74) is 0.645. The molecule has 0 saturated heterocycles. The summed E-state index contributed by atoms with van der Waals surface area (Å²) in [5, 5.41) is 16.9. The van der Waals surface area contributed by atoms with Gasteiger partial charge in [-0.1, -0.05) is 59.6 Å². The van der Waals surface area contributed by atoms with Gasteiger partial charge in [0, 0.05) is 31.6 Å². The largest absolute Gasteiger partial charge is 0.481 e. The number of fused-ring (bicyclic) bond motifs is 1. The molecule has 190 valence electrons. The zero-order valence-corrected chi connectivity index (χ0v) is 21.1. The van der Waals surface area contributed by atoms with Gasteiger partial charge in [-0.15, -0.1) is 0 Å². The van der Waals surface area contributed by atoms with Crippen molar-refractivity contribution >= 4 is 57.9 Å². The van der Waals surface area contributed by atoms with E-state index in [1.54, 1.807) is 37.5 Å². The van der Waals surface area contributed by atoms with Gasteiger partial charge in [0.15, 0.2) is 0 Å². The van der Waals surface area contributed by atoms with Crippen molar-refractivity contribution in [2.75, 3.05) is 19.0 Å². The number of aromatic nitrogens is 1. The predicted molar refractivity (Wildman–Crippen MR) is 138 cm³/mol. The zero-order valence-electron chi connectivity index (χ0n) is 19.5. The number of ether oxygens (including phenoxy) is 1. The van der Waals surface area contributed by atoms with Crippen LogP contribution in [-0.2, 0) is 16.1 Å². The first kappa shape index (κ1) is 27.0. The molecule has 11 heteroatoms. The number of benzene rings is 2. The lowest BCUT2D eigenvalue weighted by Crippen LogP contribution is -2.46. The van der Waals surface area contributed by atoms with Crippen LogP contribution in [0.5, 0.6) is 0 Å². The fourth-order valence-electron chi connectivity index (χ4n) is 3.49. The number of carboxylic acids is 1. The molecule has 0 aliphatic rings. The van der Waals surface area contributed by atoms with Crippen molar-refractivity contribution in [2.45, 2.75) is 31.8 Å². The number of urea groups is 1. The summed E-state index contributed by atoms with van der Waals surface area (Å²) >= 11 is 12.2. The molecule has 1 aromatic heterocycles. The van der Waals surface area contributed by atoms with Crippen LogP contribution in [0.3, 0.4) is 0 Å². The third-order valence-corrected chi connectivity index (χ3v) is 6.38. The number of hydrogen-bond donors (Lipinski definition) is 3. The number of carbonyl (C=O) groups is 3. The van der Waals surface area contributed by atoms with Crippen LogP contribution in [0, 0.1) is 0 Å². The van der Waals surface area contributed by atoms with E-state index in [1.807, 2.05) is 24.3 Å². The fourth-order valence-corrected chi connectivity index (χ4v) is 3.88. The SMILES string of the molecule is CN(C(=O)NCc1cccc(Cl)c1Cl)[C@@H](CCCC(=O)O)COC(=O)Nc1cc2ccccc2cn1. The molecule has 1 atom stereocenters. The highest BCUT2D eigenvalue weighted by molar-refractivity contribution is 6.42. The zero-order chi connectivity index (χ0) is 26.1. The van der Waals surface area contributed by atoms with E-state index in [-0.39, 0.29) is 19.6 Å². The summed E-state index contributed by atoms with van der Waals surface area (Å²) in [4.78, 5) is 41.7. The number of aliphatic carboxylic acids is 1. The molecule has 0 unspecified atom stereocenters. The molecule has 3 amide bonds. The molecular weight excluding hydrogens is 507 g/mol. The molecule has 3 aromatic rings.